The Labute approximate surface area is 163 Å². The second-order valence-corrected chi connectivity index (χ2v) is 7.33. The largest absolute Gasteiger partial charge is 0.497 e. The van der Waals surface area contributed by atoms with Crippen molar-refractivity contribution in [3.8, 4) is 5.75 Å². The van der Waals surface area contributed by atoms with Crippen molar-refractivity contribution in [1.82, 2.24) is 4.90 Å². The van der Waals surface area contributed by atoms with Crippen molar-refractivity contribution in [3.63, 3.8) is 0 Å². The van der Waals surface area contributed by atoms with Crippen LogP contribution >= 0.6 is 17.0 Å². The Balaban J connectivity index is 0.00000225. The van der Waals surface area contributed by atoms with E-state index in [1.54, 1.807) is 7.11 Å². The van der Waals surface area contributed by atoms with Gasteiger partial charge in [0.05, 0.1) is 7.11 Å². The lowest BCUT2D eigenvalue weighted by molar-refractivity contribution is 0.112. The average Bonchev–Trinajstić information content (AvgIpc) is 2.64. The summed E-state index contributed by atoms with van der Waals surface area (Å²) in [5, 5.41) is 0. The van der Waals surface area contributed by atoms with E-state index in [0.717, 1.165) is 18.7 Å². The molecule has 3 heteroatoms. The van der Waals surface area contributed by atoms with Crippen molar-refractivity contribution < 1.29 is 4.74 Å². The van der Waals surface area contributed by atoms with E-state index in [9.17, 15) is 0 Å². The summed E-state index contributed by atoms with van der Waals surface area (Å²) in [5.41, 5.74) is 3.19. The molecule has 1 fully saturated rings. The van der Waals surface area contributed by atoms with Crippen LogP contribution in [-0.2, 0) is 11.8 Å². The van der Waals surface area contributed by atoms with Gasteiger partial charge in [0.2, 0.25) is 0 Å². The van der Waals surface area contributed by atoms with E-state index in [1.807, 2.05) is 0 Å². The van der Waals surface area contributed by atoms with E-state index < -0.39 is 0 Å². The van der Waals surface area contributed by atoms with E-state index in [1.165, 1.54) is 30.6 Å². The molecule has 2 unspecified atom stereocenters. The fourth-order valence-electron chi connectivity index (χ4n) is 3.85. The third-order valence-electron chi connectivity index (χ3n) is 5.88. The number of methoxy groups -OCH3 is 1. The summed E-state index contributed by atoms with van der Waals surface area (Å²) in [4.78, 5) is 2.62. The molecule has 0 N–H and O–H groups in total. The SMILES string of the molecule is Br.COc1ccc(CCN2CCC(C)(c3ccccc3)C(C)C2)cc1. The molecule has 0 bridgehead atoms. The van der Waals surface area contributed by atoms with E-state index in [-0.39, 0.29) is 17.0 Å². The molecular weight excluding hydrogens is 374 g/mol. The van der Waals surface area contributed by atoms with Gasteiger partial charge in [-0.3, -0.25) is 0 Å². The van der Waals surface area contributed by atoms with Gasteiger partial charge in [0.25, 0.3) is 0 Å². The maximum absolute atomic E-state index is 5.23. The van der Waals surface area contributed by atoms with Gasteiger partial charge in [-0.1, -0.05) is 56.3 Å². The molecule has 2 aromatic rings. The van der Waals surface area contributed by atoms with Gasteiger partial charge < -0.3 is 9.64 Å². The minimum absolute atomic E-state index is 0. The summed E-state index contributed by atoms with van der Waals surface area (Å²) in [7, 11) is 1.72. The fraction of sp³-hybridized carbons (Fsp3) is 0.455. The van der Waals surface area contributed by atoms with Gasteiger partial charge in [0, 0.05) is 13.1 Å². The van der Waals surface area contributed by atoms with Crippen molar-refractivity contribution >= 4 is 17.0 Å². The van der Waals surface area contributed by atoms with Gasteiger partial charge in [0.15, 0.2) is 0 Å². The number of nitrogens with zero attached hydrogens (tertiary/aromatic N) is 1. The van der Waals surface area contributed by atoms with Gasteiger partial charge in [-0.25, -0.2) is 0 Å². The third-order valence-corrected chi connectivity index (χ3v) is 5.88. The zero-order valence-electron chi connectivity index (χ0n) is 15.6. The van der Waals surface area contributed by atoms with Crippen LogP contribution in [0.15, 0.2) is 54.6 Å². The number of halogens is 1. The smallest absolute Gasteiger partial charge is 0.118 e. The van der Waals surface area contributed by atoms with Gasteiger partial charge in [0.1, 0.15) is 5.75 Å². The van der Waals surface area contributed by atoms with Crippen LogP contribution in [-0.4, -0.2) is 31.6 Å². The summed E-state index contributed by atoms with van der Waals surface area (Å²) in [6.45, 7) is 8.36. The van der Waals surface area contributed by atoms with Gasteiger partial charge in [-0.2, -0.15) is 0 Å². The summed E-state index contributed by atoms with van der Waals surface area (Å²) in [6.07, 6.45) is 2.35. The van der Waals surface area contributed by atoms with Crippen LogP contribution in [0.2, 0.25) is 0 Å². The molecule has 2 aromatic carbocycles. The number of ether oxygens (including phenoxy) is 1. The van der Waals surface area contributed by atoms with Crippen LogP contribution in [0.4, 0.5) is 0 Å². The van der Waals surface area contributed by atoms with Crippen molar-refractivity contribution in [2.45, 2.75) is 32.1 Å². The fourth-order valence-corrected chi connectivity index (χ4v) is 3.85. The zero-order valence-corrected chi connectivity index (χ0v) is 17.3. The molecule has 0 saturated carbocycles. The molecule has 0 radical (unpaired) electrons. The molecule has 1 saturated heterocycles. The lowest BCUT2D eigenvalue weighted by Crippen LogP contribution is -2.47. The number of likely N-dealkylation sites (tertiary alicyclic amines) is 1. The predicted molar refractivity (Wildman–Crippen MR) is 111 cm³/mol. The summed E-state index contributed by atoms with van der Waals surface area (Å²) in [6, 6.07) is 19.5. The molecule has 0 amide bonds. The quantitative estimate of drug-likeness (QED) is 0.686. The maximum Gasteiger partial charge on any atom is 0.118 e. The highest BCUT2D eigenvalue weighted by molar-refractivity contribution is 8.93. The first kappa shape index (κ1) is 20.0. The monoisotopic (exact) mass is 403 g/mol. The Morgan fingerprint density at radius 3 is 2.36 bits per heavy atom. The average molecular weight is 404 g/mol. The summed E-state index contributed by atoms with van der Waals surface area (Å²) >= 11 is 0. The molecule has 0 aliphatic carbocycles. The molecular formula is C22H30BrNO. The second-order valence-electron chi connectivity index (χ2n) is 7.33. The Morgan fingerprint density at radius 2 is 1.76 bits per heavy atom. The minimum atomic E-state index is 0. The molecule has 0 aromatic heterocycles. The lowest BCUT2D eigenvalue weighted by atomic mass is 9.68. The first-order valence-electron chi connectivity index (χ1n) is 9.02. The van der Waals surface area contributed by atoms with Crippen LogP contribution in [0.5, 0.6) is 5.75 Å². The molecule has 1 aliphatic rings. The summed E-state index contributed by atoms with van der Waals surface area (Å²) in [5.74, 6) is 1.61. The van der Waals surface area contributed by atoms with E-state index in [0.29, 0.717) is 11.3 Å². The van der Waals surface area contributed by atoms with Gasteiger partial charge in [-0.15, -0.1) is 17.0 Å². The standard InChI is InChI=1S/C22H29NO.BrH/c1-18-17-23(15-13-19-9-11-21(24-3)12-10-19)16-14-22(18,2)20-7-5-4-6-8-20;/h4-12,18H,13-17H2,1-3H3;1H. The van der Waals surface area contributed by atoms with Crippen molar-refractivity contribution in [1.29, 1.82) is 0 Å². The van der Waals surface area contributed by atoms with Crippen molar-refractivity contribution in [3.05, 3.63) is 65.7 Å². The zero-order chi connectivity index (χ0) is 17.0. The normalized spacial score (nSPS) is 23.7. The highest BCUT2D eigenvalue weighted by Gasteiger charge is 2.37. The number of hydrogen-bond donors (Lipinski definition) is 0. The van der Waals surface area contributed by atoms with E-state index >= 15 is 0 Å². The van der Waals surface area contributed by atoms with Crippen LogP contribution < -0.4 is 4.74 Å². The first-order chi connectivity index (χ1) is 11.6. The molecule has 3 rings (SSSR count). The predicted octanol–water partition coefficient (Wildman–Crippen LogP) is 5.12. The molecule has 25 heavy (non-hydrogen) atoms. The number of rotatable bonds is 5. The van der Waals surface area contributed by atoms with Crippen molar-refractivity contribution in [2.24, 2.45) is 5.92 Å². The Morgan fingerprint density at radius 1 is 1.08 bits per heavy atom. The second kappa shape index (κ2) is 8.86. The van der Waals surface area contributed by atoms with Gasteiger partial charge >= 0.3 is 0 Å². The molecule has 1 aliphatic heterocycles. The molecule has 1 heterocycles. The van der Waals surface area contributed by atoms with E-state index in [4.69, 9.17) is 4.74 Å². The van der Waals surface area contributed by atoms with Crippen LogP contribution in [0, 0.1) is 5.92 Å². The number of piperidine rings is 1. The third kappa shape index (κ3) is 4.65. The summed E-state index contributed by atoms with van der Waals surface area (Å²) < 4.78 is 5.23. The van der Waals surface area contributed by atoms with Crippen LogP contribution in [0.3, 0.4) is 0 Å². The van der Waals surface area contributed by atoms with Crippen LogP contribution in [0.1, 0.15) is 31.4 Å². The Hall–Kier alpha value is -1.32. The highest BCUT2D eigenvalue weighted by Crippen LogP contribution is 2.39. The topological polar surface area (TPSA) is 12.5 Å². The molecule has 2 atom stereocenters. The molecule has 0 spiro atoms. The van der Waals surface area contributed by atoms with Gasteiger partial charge in [-0.05, 0) is 54.0 Å². The van der Waals surface area contributed by atoms with Crippen LogP contribution in [0.25, 0.3) is 0 Å². The number of benzene rings is 2. The van der Waals surface area contributed by atoms with E-state index in [2.05, 4.69) is 73.3 Å². The number of hydrogen-bond acceptors (Lipinski definition) is 2. The maximum atomic E-state index is 5.23. The Bertz CT molecular complexity index is 643. The first-order valence-corrected chi connectivity index (χ1v) is 9.02. The van der Waals surface area contributed by atoms with Crippen molar-refractivity contribution in [2.75, 3.05) is 26.7 Å². The Kier molecular flexibility index (Phi) is 7.09. The minimum Gasteiger partial charge on any atom is -0.497 e. The molecule has 2 nitrogen and oxygen atoms in total. The lowest BCUT2D eigenvalue weighted by Gasteiger charge is -2.45. The molecule has 136 valence electrons. The highest BCUT2D eigenvalue weighted by atomic mass is 79.9.